The minimum atomic E-state index is -1.04. The molecule has 1 aromatic heterocycles. The largest absolute Gasteiger partial charge is 0.480 e. The van der Waals surface area contributed by atoms with Gasteiger partial charge >= 0.3 is 5.97 Å². The van der Waals surface area contributed by atoms with Gasteiger partial charge in [-0.3, -0.25) is 9.59 Å². The Labute approximate surface area is 121 Å². The van der Waals surface area contributed by atoms with Crippen LogP contribution in [-0.4, -0.2) is 35.5 Å². The Morgan fingerprint density at radius 2 is 2.15 bits per heavy atom. The quantitative estimate of drug-likeness (QED) is 0.673. The lowest BCUT2D eigenvalue weighted by atomic mass is 10.1. The summed E-state index contributed by atoms with van der Waals surface area (Å²) < 4.78 is 0. The molecule has 0 aromatic carbocycles. The number of carboxylic acids is 1. The van der Waals surface area contributed by atoms with E-state index in [-0.39, 0.29) is 24.8 Å². The highest BCUT2D eigenvalue weighted by molar-refractivity contribution is 7.08. The van der Waals surface area contributed by atoms with Crippen LogP contribution in [0, 0.1) is 0 Å². The van der Waals surface area contributed by atoms with Crippen LogP contribution in [0.4, 0.5) is 0 Å². The van der Waals surface area contributed by atoms with E-state index in [4.69, 9.17) is 5.11 Å². The Balaban J connectivity index is 2.29. The van der Waals surface area contributed by atoms with Crippen molar-refractivity contribution in [3.05, 3.63) is 22.4 Å². The first-order chi connectivity index (χ1) is 9.54. The predicted octanol–water partition coefficient (Wildman–Crippen LogP) is 1.24. The van der Waals surface area contributed by atoms with Crippen LogP contribution >= 0.6 is 11.3 Å². The summed E-state index contributed by atoms with van der Waals surface area (Å²) in [6.45, 7) is 2.03. The van der Waals surface area contributed by atoms with Gasteiger partial charge in [-0.2, -0.15) is 11.3 Å². The lowest BCUT2D eigenvalue weighted by molar-refractivity contribution is -0.142. The first-order valence-corrected chi connectivity index (χ1v) is 7.31. The summed E-state index contributed by atoms with van der Waals surface area (Å²) in [5.41, 5.74) is 0.560. The van der Waals surface area contributed by atoms with Gasteiger partial charge in [-0.15, -0.1) is 0 Å². The second-order valence-electron chi connectivity index (χ2n) is 4.26. The van der Waals surface area contributed by atoms with E-state index in [2.05, 4.69) is 10.6 Å². The van der Waals surface area contributed by atoms with Crippen molar-refractivity contribution < 1.29 is 19.5 Å². The molecule has 20 heavy (non-hydrogen) atoms. The Morgan fingerprint density at radius 3 is 2.70 bits per heavy atom. The van der Waals surface area contributed by atoms with Gasteiger partial charge in [-0.1, -0.05) is 13.3 Å². The topological polar surface area (TPSA) is 95.5 Å². The van der Waals surface area contributed by atoms with Gasteiger partial charge in [0.25, 0.3) is 5.91 Å². The van der Waals surface area contributed by atoms with Crippen LogP contribution in [0.5, 0.6) is 0 Å². The molecule has 1 atom stereocenters. The highest BCUT2D eigenvalue weighted by Gasteiger charge is 2.18. The maximum Gasteiger partial charge on any atom is 0.326 e. The smallest absolute Gasteiger partial charge is 0.326 e. The molecule has 110 valence electrons. The van der Waals surface area contributed by atoms with Gasteiger partial charge in [-0.25, -0.2) is 4.79 Å². The van der Waals surface area contributed by atoms with Crippen molar-refractivity contribution in [3.63, 3.8) is 0 Å². The Hall–Kier alpha value is -1.89. The van der Waals surface area contributed by atoms with E-state index in [1.54, 1.807) is 16.8 Å². The monoisotopic (exact) mass is 298 g/mol. The second kappa shape index (κ2) is 8.31. The molecule has 6 nitrogen and oxygen atoms in total. The van der Waals surface area contributed by atoms with Crippen LogP contribution in [0.1, 0.15) is 36.5 Å². The number of hydrogen-bond donors (Lipinski definition) is 3. The van der Waals surface area contributed by atoms with Gasteiger partial charge in [0, 0.05) is 23.9 Å². The minimum absolute atomic E-state index is 0.0589. The summed E-state index contributed by atoms with van der Waals surface area (Å²) in [6, 6.07) is 0.835. The van der Waals surface area contributed by atoms with E-state index >= 15 is 0 Å². The van der Waals surface area contributed by atoms with Crippen molar-refractivity contribution >= 4 is 29.1 Å². The molecule has 0 aliphatic heterocycles. The van der Waals surface area contributed by atoms with Crippen molar-refractivity contribution in [2.24, 2.45) is 0 Å². The van der Waals surface area contributed by atoms with E-state index in [0.717, 1.165) is 0 Å². The summed E-state index contributed by atoms with van der Waals surface area (Å²) in [6.07, 6.45) is 1.12. The molecule has 7 heteroatoms. The van der Waals surface area contributed by atoms with Crippen molar-refractivity contribution in [3.8, 4) is 0 Å². The molecule has 1 rings (SSSR count). The SMILES string of the molecule is CCCC(NC(=O)CCNC(=O)c1ccsc1)C(=O)O. The molecule has 0 aliphatic rings. The fourth-order valence-corrected chi connectivity index (χ4v) is 2.23. The van der Waals surface area contributed by atoms with Gasteiger partial charge in [-0.05, 0) is 17.9 Å². The molecule has 3 N–H and O–H groups in total. The summed E-state index contributed by atoms with van der Waals surface area (Å²) in [5.74, 6) is -1.65. The summed E-state index contributed by atoms with van der Waals surface area (Å²) in [4.78, 5) is 34.0. The summed E-state index contributed by atoms with van der Waals surface area (Å²) in [7, 11) is 0. The van der Waals surface area contributed by atoms with Crippen LogP contribution in [0.3, 0.4) is 0 Å². The molecule has 0 saturated heterocycles. The maximum absolute atomic E-state index is 11.6. The maximum atomic E-state index is 11.6. The molecular weight excluding hydrogens is 280 g/mol. The zero-order valence-corrected chi connectivity index (χ0v) is 12.0. The average Bonchev–Trinajstić information content (AvgIpc) is 2.91. The van der Waals surface area contributed by atoms with Crippen molar-refractivity contribution in [1.29, 1.82) is 0 Å². The number of rotatable bonds is 8. The minimum Gasteiger partial charge on any atom is -0.480 e. The van der Waals surface area contributed by atoms with Crippen LogP contribution < -0.4 is 10.6 Å². The number of carbonyl (C=O) groups excluding carboxylic acids is 2. The van der Waals surface area contributed by atoms with Crippen LogP contribution in [0.15, 0.2) is 16.8 Å². The van der Waals surface area contributed by atoms with Crippen LogP contribution in [-0.2, 0) is 9.59 Å². The molecule has 0 spiro atoms. The van der Waals surface area contributed by atoms with Crippen LogP contribution in [0.25, 0.3) is 0 Å². The third-order valence-corrected chi connectivity index (χ3v) is 3.31. The van der Waals surface area contributed by atoms with E-state index in [1.807, 2.05) is 6.92 Å². The number of thiophene rings is 1. The normalized spacial score (nSPS) is 11.7. The molecule has 0 bridgehead atoms. The van der Waals surface area contributed by atoms with E-state index in [0.29, 0.717) is 18.4 Å². The van der Waals surface area contributed by atoms with Crippen molar-refractivity contribution in [2.45, 2.75) is 32.2 Å². The second-order valence-corrected chi connectivity index (χ2v) is 5.04. The van der Waals surface area contributed by atoms with Crippen LogP contribution in [0.2, 0.25) is 0 Å². The van der Waals surface area contributed by atoms with Gasteiger partial charge in [0.15, 0.2) is 0 Å². The number of aliphatic carboxylic acids is 1. The molecule has 1 heterocycles. The molecule has 0 aliphatic carbocycles. The van der Waals surface area contributed by atoms with Gasteiger partial charge in [0.2, 0.25) is 5.91 Å². The number of amides is 2. The fourth-order valence-electron chi connectivity index (χ4n) is 1.60. The number of carboxylic acid groups (broad SMARTS) is 1. The summed E-state index contributed by atoms with van der Waals surface area (Å²) >= 11 is 1.42. The Kier molecular flexibility index (Phi) is 6.72. The van der Waals surface area contributed by atoms with Gasteiger partial charge in [0.1, 0.15) is 6.04 Å². The fraction of sp³-hybridized carbons (Fsp3) is 0.462. The molecule has 0 fully saturated rings. The number of carbonyl (C=O) groups is 3. The molecule has 2 amide bonds. The third-order valence-electron chi connectivity index (χ3n) is 2.63. The van der Waals surface area contributed by atoms with E-state index in [1.165, 1.54) is 11.3 Å². The Morgan fingerprint density at radius 1 is 1.40 bits per heavy atom. The first kappa shape index (κ1) is 16.2. The lowest BCUT2D eigenvalue weighted by Crippen LogP contribution is -2.41. The molecule has 1 aromatic rings. The van der Waals surface area contributed by atoms with Crippen molar-refractivity contribution in [2.75, 3.05) is 6.54 Å². The highest BCUT2D eigenvalue weighted by Crippen LogP contribution is 2.05. The average molecular weight is 298 g/mol. The van der Waals surface area contributed by atoms with Crippen molar-refractivity contribution in [1.82, 2.24) is 10.6 Å². The zero-order valence-electron chi connectivity index (χ0n) is 11.2. The molecular formula is C13H18N2O4S. The Bertz CT molecular complexity index is 459. The number of hydrogen-bond acceptors (Lipinski definition) is 4. The van der Waals surface area contributed by atoms with Gasteiger partial charge < -0.3 is 15.7 Å². The third kappa shape index (κ3) is 5.40. The zero-order chi connectivity index (χ0) is 15.0. The summed E-state index contributed by atoms with van der Waals surface area (Å²) in [5, 5.41) is 17.5. The predicted molar refractivity (Wildman–Crippen MR) is 75.7 cm³/mol. The van der Waals surface area contributed by atoms with E-state index in [9.17, 15) is 14.4 Å². The highest BCUT2D eigenvalue weighted by atomic mass is 32.1. The lowest BCUT2D eigenvalue weighted by Gasteiger charge is -2.13. The standard InChI is InChI=1S/C13H18N2O4S/c1-2-3-10(13(18)19)15-11(16)4-6-14-12(17)9-5-7-20-8-9/h5,7-8,10H,2-4,6H2,1H3,(H,14,17)(H,15,16)(H,18,19). The molecule has 0 saturated carbocycles. The first-order valence-electron chi connectivity index (χ1n) is 6.37. The van der Waals surface area contributed by atoms with Gasteiger partial charge in [0.05, 0.1) is 0 Å². The molecule has 1 unspecified atom stereocenters. The van der Waals surface area contributed by atoms with E-state index < -0.39 is 12.0 Å². The molecule has 0 radical (unpaired) electrons. The number of nitrogens with one attached hydrogen (secondary N) is 2.